The second-order valence-electron chi connectivity index (χ2n) is 6.06. The first kappa shape index (κ1) is 15.4. The maximum Gasteiger partial charge on any atom is 0.254 e. The van der Waals surface area contributed by atoms with Gasteiger partial charge in [-0.15, -0.1) is 0 Å². The average Bonchev–Trinajstić information content (AvgIpc) is 3.25. The number of rotatable bonds is 6. The Morgan fingerprint density at radius 2 is 2.04 bits per heavy atom. The summed E-state index contributed by atoms with van der Waals surface area (Å²) in [6.45, 7) is 0.631. The van der Waals surface area contributed by atoms with Crippen LogP contribution >= 0.6 is 0 Å². The Morgan fingerprint density at radius 3 is 2.68 bits per heavy atom. The number of nitrogens with one attached hydrogen (secondary N) is 2. The number of nitrogens with zero attached hydrogens (tertiary/aromatic N) is 3. The standard InChI is InChI=1S/C17H18N6O2/c18-15(24)13-9-19-17(22-16(13)20-11-5-6-11)21-12-3-1-10(2-4-12)14-7-8-25-23-14/h1-4,9,11H,5-8H2,(H2,18,24)(H2,19,20,21,22). The van der Waals surface area contributed by atoms with E-state index in [1.807, 2.05) is 24.3 Å². The number of hydrogen-bond donors (Lipinski definition) is 3. The quantitative estimate of drug-likeness (QED) is 0.742. The predicted octanol–water partition coefficient (Wildman–Crippen LogP) is 2.02. The molecular weight excluding hydrogens is 320 g/mol. The van der Waals surface area contributed by atoms with Crippen molar-refractivity contribution in [3.63, 3.8) is 0 Å². The van der Waals surface area contributed by atoms with E-state index in [-0.39, 0.29) is 0 Å². The lowest BCUT2D eigenvalue weighted by molar-refractivity contribution is 0.100. The molecule has 1 saturated carbocycles. The van der Waals surface area contributed by atoms with Gasteiger partial charge in [0.1, 0.15) is 12.4 Å². The zero-order valence-electron chi connectivity index (χ0n) is 13.5. The molecule has 0 radical (unpaired) electrons. The molecule has 1 aliphatic heterocycles. The molecule has 1 aromatic carbocycles. The Balaban J connectivity index is 1.52. The van der Waals surface area contributed by atoms with Crippen molar-refractivity contribution in [2.75, 3.05) is 17.2 Å². The summed E-state index contributed by atoms with van der Waals surface area (Å²) < 4.78 is 0. The van der Waals surface area contributed by atoms with Gasteiger partial charge in [0.25, 0.3) is 5.91 Å². The van der Waals surface area contributed by atoms with Crippen LogP contribution in [0.3, 0.4) is 0 Å². The molecular formula is C17H18N6O2. The molecule has 8 heteroatoms. The molecule has 0 atom stereocenters. The van der Waals surface area contributed by atoms with Crippen LogP contribution < -0.4 is 16.4 Å². The van der Waals surface area contributed by atoms with E-state index >= 15 is 0 Å². The topological polar surface area (TPSA) is 115 Å². The van der Waals surface area contributed by atoms with Crippen molar-refractivity contribution in [1.29, 1.82) is 0 Å². The normalized spacial score (nSPS) is 16.1. The lowest BCUT2D eigenvalue weighted by Crippen LogP contribution is -2.17. The highest BCUT2D eigenvalue weighted by Gasteiger charge is 2.24. The smallest absolute Gasteiger partial charge is 0.254 e. The predicted molar refractivity (Wildman–Crippen MR) is 94.0 cm³/mol. The molecule has 2 heterocycles. The Kier molecular flexibility index (Phi) is 3.93. The minimum absolute atomic E-state index is 0.298. The molecule has 1 aliphatic carbocycles. The average molecular weight is 338 g/mol. The van der Waals surface area contributed by atoms with Gasteiger partial charge in [-0.05, 0) is 30.5 Å². The van der Waals surface area contributed by atoms with Crippen LogP contribution in [0.1, 0.15) is 35.2 Å². The minimum atomic E-state index is -0.543. The molecule has 1 aromatic heterocycles. The van der Waals surface area contributed by atoms with Gasteiger partial charge in [-0.25, -0.2) is 4.98 Å². The maximum atomic E-state index is 11.5. The van der Waals surface area contributed by atoms with Crippen LogP contribution in [0.25, 0.3) is 0 Å². The SMILES string of the molecule is NC(=O)c1cnc(Nc2ccc(C3=NOCC3)cc2)nc1NC1CC1. The van der Waals surface area contributed by atoms with Gasteiger partial charge < -0.3 is 21.2 Å². The Bertz CT molecular complexity index is 830. The molecule has 2 aromatic rings. The van der Waals surface area contributed by atoms with E-state index in [0.29, 0.717) is 30.0 Å². The largest absolute Gasteiger partial charge is 0.395 e. The molecule has 128 valence electrons. The Labute approximate surface area is 144 Å². The van der Waals surface area contributed by atoms with E-state index in [2.05, 4.69) is 25.8 Å². The third-order valence-corrected chi connectivity index (χ3v) is 4.05. The van der Waals surface area contributed by atoms with Gasteiger partial charge in [-0.1, -0.05) is 17.3 Å². The molecule has 25 heavy (non-hydrogen) atoms. The van der Waals surface area contributed by atoms with Crippen LogP contribution in [0.4, 0.5) is 17.5 Å². The lowest BCUT2D eigenvalue weighted by atomic mass is 10.1. The molecule has 8 nitrogen and oxygen atoms in total. The lowest BCUT2D eigenvalue weighted by Gasteiger charge is -2.11. The summed E-state index contributed by atoms with van der Waals surface area (Å²) in [6.07, 6.45) is 4.40. The van der Waals surface area contributed by atoms with E-state index in [1.165, 1.54) is 6.20 Å². The summed E-state index contributed by atoms with van der Waals surface area (Å²) in [5.74, 6) is 0.336. The van der Waals surface area contributed by atoms with E-state index in [1.54, 1.807) is 0 Å². The molecule has 2 aliphatic rings. The van der Waals surface area contributed by atoms with Crippen LogP contribution in [0, 0.1) is 0 Å². The van der Waals surface area contributed by atoms with Crippen molar-refractivity contribution < 1.29 is 9.63 Å². The first-order chi connectivity index (χ1) is 12.2. The third kappa shape index (κ3) is 3.52. The van der Waals surface area contributed by atoms with Gasteiger partial charge in [0.05, 0.1) is 11.3 Å². The first-order valence-electron chi connectivity index (χ1n) is 8.19. The molecule has 1 fully saturated rings. The zero-order chi connectivity index (χ0) is 17.2. The fourth-order valence-corrected chi connectivity index (χ4v) is 2.54. The fraction of sp³-hybridized carbons (Fsp3) is 0.294. The van der Waals surface area contributed by atoms with Crippen LogP contribution in [0.2, 0.25) is 0 Å². The number of anilines is 3. The number of carbonyl (C=O) groups is 1. The van der Waals surface area contributed by atoms with Crippen molar-refractivity contribution in [1.82, 2.24) is 9.97 Å². The number of oxime groups is 1. The Morgan fingerprint density at radius 1 is 1.24 bits per heavy atom. The monoisotopic (exact) mass is 338 g/mol. The van der Waals surface area contributed by atoms with E-state index in [0.717, 1.165) is 36.2 Å². The third-order valence-electron chi connectivity index (χ3n) is 4.05. The van der Waals surface area contributed by atoms with E-state index < -0.39 is 5.91 Å². The fourth-order valence-electron chi connectivity index (χ4n) is 2.54. The van der Waals surface area contributed by atoms with Crippen molar-refractivity contribution >= 4 is 29.1 Å². The van der Waals surface area contributed by atoms with E-state index in [9.17, 15) is 4.79 Å². The van der Waals surface area contributed by atoms with Gasteiger partial charge in [-0.3, -0.25) is 4.79 Å². The molecule has 1 amide bonds. The number of nitrogens with two attached hydrogens (primary N) is 1. The summed E-state index contributed by atoms with van der Waals surface area (Å²) >= 11 is 0. The summed E-state index contributed by atoms with van der Waals surface area (Å²) in [5, 5.41) is 10.4. The molecule has 0 spiro atoms. The zero-order valence-corrected chi connectivity index (χ0v) is 13.5. The molecule has 0 bridgehead atoms. The van der Waals surface area contributed by atoms with Crippen LogP contribution in [0.15, 0.2) is 35.6 Å². The second kappa shape index (κ2) is 6.39. The number of primary amides is 1. The van der Waals surface area contributed by atoms with Crippen LogP contribution in [-0.2, 0) is 4.84 Å². The maximum absolute atomic E-state index is 11.5. The van der Waals surface area contributed by atoms with Crippen LogP contribution in [-0.4, -0.2) is 34.2 Å². The number of aromatic nitrogens is 2. The van der Waals surface area contributed by atoms with Gasteiger partial charge >= 0.3 is 0 Å². The van der Waals surface area contributed by atoms with Crippen molar-refractivity contribution in [3.05, 3.63) is 41.6 Å². The highest BCUT2D eigenvalue weighted by Crippen LogP contribution is 2.26. The highest BCUT2D eigenvalue weighted by atomic mass is 16.6. The van der Waals surface area contributed by atoms with Gasteiger partial charge in [0, 0.05) is 24.3 Å². The summed E-state index contributed by atoms with van der Waals surface area (Å²) in [4.78, 5) is 25.1. The summed E-state index contributed by atoms with van der Waals surface area (Å²) in [6, 6.07) is 8.15. The minimum Gasteiger partial charge on any atom is -0.395 e. The van der Waals surface area contributed by atoms with Crippen molar-refractivity contribution in [2.24, 2.45) is 10.9 Å². The van der Waals surface area contributed by atoms with Crippen molar-refractivity contribution in [3.8, 4) is 0 Å². The molecule has 0 saturated heterocycles. The van der Waals surface area contributed by atoms with E-state index in [4.69, 9.17) is 10.6 Å². The molecule has 0 unspecified atom stereocenters. The van der Waals surface area contributed by atoms with Crippen LogP contribution in [0.5, 0.6) is 0 Å². The number of amides is 1. The molecule has 4 N–H and O–H groups in total. The number of carbonyl (C=O) groups excluding carboxylic acids is 1. The number of benzene rings is 1. The highest BCUT2D eigenvalue weighted by molar-refractivity contribution is 6.01. The van der Waals surface area contributed by atoms with Gasteiger partial charge in [0.2, 0.25) is 5.95 Å². The summed E-state index contributed by atoms with van der Waals surface area (Å²) in [7, 11) is 0. The molecule has 4 rings (SSSR count). The second-order valence-corrected chi connectivity index (χ2v) is 6.06. The first-order valence-corrected chi connectivity index (χ1v) is 8.19. The Hall–Kier alpha value is -3.16. The number of hydrogen-bond acceptors (Lipinski definition) is 7. The van der Waals surface area contributed by atoms with Crippen molar-refractivity contribution in [2.45, 2.75) is 25.3 Å². The summed E-state index contributed by atoms with van der Waals surface area (Å²) in [5.41, 5.74) is 8.51. The van der Waals surface area contributed by atoms with Gasteiger partial charge in [0.15, 0.2) is 0 Å². The van der Waals surface area contributed by atoms with Gasteiger partial charge in [-0.2, -0.15) is 4.98 Å².